The minimum Gasteiger partial charge on any atom is -0.483 e. The number of aliphatic hydroxyl groups is 1. The summed E-state index contributed by atoms with van der Waals surface area (Å²) in [6, 6.07) is 10.5. The largest absolute Gasteiger partial charge is 0.483 e. The molecule has 0 spiro atoms. The molecule has 23 heavy (non-hydrogen) atoms. The van der Waals surface area contributed by atoms with Crippen molar-refractivity contribution in [3.63, 3.8) is 0 Å². The Morgan fingerprint density at radius 3 is 2.83 bits per heavy atom. The molecule has 1 aliphatic carbocycles. The number of hydrogen-bond acceptors (Lipinski definition) is 4. The molecule has 0 saturated heterocycles. The van der Waals surface area contributed by atoms with E-state index >= 15 is 0 Å². The molecule has 1 aromatic heterocycles. The number of fused-ring (bicyclic) bond motifs is 1. The number of aromatic nitrogens is 1. The highest BCUT2D eigenvalue weighted by molar-refractivity contribution is 5.42. The van der Waals surface area contributed by atoms with Gasteiger partial charge in [0.15, 0.2) is 6.10 Å². The monoisotopic (exact) mass is 310 g/mol. The van der Waals surface area contributed by atoms with E-state index < -0.39 is 12.2 Å². The molecule has 5 heteroatoms. The van der Waals surface area contributed by atoms with Crippen LogP contribution >= 0.6 is 0 Å². The van der Waals surface area contributed by atoms with Crippen molar-refractivity contribution in [3.8, 4) is 11.8 Å². The number of H-pyrrole nitrogens is 1. The van der Waals surface area contributed by atoms with Gasteiger partial charge in [0.1, 0.15) is 11.9 Å². The molecule has 2 N–H and O–H groups in total. The summed E-state index contributed by atoms with van der Waals surface area (Å²) >= 11 is 0. The summed E-state index contributed by atoms with van der Waals surface area (Å²) in [6.45, 7) is 3.96. The van der Waals surface area contributed by atoms with Gasteiger partial charge in [-0.1, -0.05) is 19.9 Å². The van der Waals surface area contributed by atoms with Gasteiger partial charge in [-0.15, -0.1) is 0 Å². The molecule has 1 heterocycles. The Morgan fingerprint density at radius 1 is 1.35 bits per heavy atom. The van der Waals surface area contributed by atoms with E-state index in [4.69, 9.17) is 10.00 Å². The molecule has 2 atom stereocenters. The van der Waals surface area contributed by atoms with Gasteiger partial charge in [0, 0.05) is 12.3 Å². The van der Waals surface area contributed by atoms with Crippen molar-refractivity contribution >= 4 is 0 Å². The maximum atomic E-state index is 11.4. The van der Waals surface area contributed by atoms with Crippen molar-refractivity contribution in [2.45, 2.75) is 32.5 Å². The second-order valence-electron chi connectivity index (χ2n) is 6.56. The minimum atomic E-state index is -0.747. The first-order chi connectivity index (χ1) is 10.9. The van der Waals surface area contributed by atoms with E-state index in [0.717, 1.165) is 11.1 Å². The molecule has 0 radical (unpaired) electrons. The summed E-state index contributed by atoms with van der Waals surface area (Å²) in [7, 11) is 0. The number of ether oxygens (including phenoxy) is 1. The quantitative estimate of drug-likeness (QED) is 0.891. The lowest BCUT2D eigenvalue weighted by molar-refractivity contribution is -0.0506. The highest BCUT2D eigenvalue weighted by atomic mass is 16.5. The number of benzene rings is 1. The molecule has 1 aromatic carbocycles. The van der Waals surface area contributed by atoms with Crippen LogP contribution in [0.1, 0.15) is 36.6 Å². The van der Waals surface area contributed by atoms with E-state index in [1.54, 1.807) is 18.2 Å². The molecule has 5 nitrogen and oxygen atoms in total. The lowest BCUT2D eigenvalue weighted by Crippen LogP contribution is -2.43. The van der Waals surface area contributed by atoms with Gasteiger partial charge < -0.3 is 14.8 Å². The maximum absolute atomic E-state index is 11.4. The number of hydrogen-bond donors (Lipinski definition) is 2. The predicted molar refractivity (Wildman–Crippen MR) is 85.1 cm³/mol. The van der Waals surface area contributed by atoms with Gasteiger partial charge >= 0.3 is 0 Å². The zero-order valence-electron chi connectivity index (χ0n) is 13.0. The number of nitrogens with one attached hydrogen (secondary N) is 1. The van der Waals surface area contributed by atoms with Crippen LogP contribution in [0, 0.1) is 16.7 Å². The fourth-order valence-electron chi connectivity index (χ4n) is 3.04. The van der Waals surface area contributed by atoms with Crippen LogP contribution in [-0.4, -0.2) is 16.2 Å². The Balaban J connectivity index is 2.07. The van der Waals surface area contributed by atoms with Crippen molar-refractivity contribution < 1.29 is 9.84 Å². The maximum Gasteiger partial charge on any atom is 0.251 e. The normalized spacial score (nSPS) is 22.0. The number of rotatable bonds is 2. The summed E-state index contributed by atoms with van der Waals surface area (Å²) in [5, 5.41) is 19.9. The van der Waals surface area contributed by atoms with Crippen LogP contribution in [0.4, 0.5) is 0 Å². The smallest absolute Gasteiger partial charge is 0.251 e. The molecule has 0 bridgehead atoms. The molecule has 3 rings (SSSR count). The average molecular weight is 310 g/mol. The zero-order chi connectivity index (χ0) is 16.6. The van der Waals surface area contributed by atoms with Gasteiger partial charge in [0.2, 0.25) is 0 Å². The van der Waals surface area contributed by atoms with Gasteiger partial charge in [0.05, 0.1) is 11.6 Å². The summed E-state index contributed by atoms with van der Waals surface area (Å²) in [5.74, 6) is 0.392. The summed E-state index contributed by atoms with van der Waals surface area (Å²) in [5.41, 5.74) is 1.74. The Morgan fingerprint density at radius 2 is 2.13 bits per heavy atom. The third-order valence-corrected chi connectivity index (χ3v) is 4.32. The fraction of sp³-hybridized carbons (Fsp3) is 0.333. The van der Waals surface area contributed by atoms with Crippen molar-refractivity contribution in [1.82, 2.24) is 4.98 Å². The van der Waals surface area contributed by atoms with Gasteiger partial charge in [-0.2, -0.15) is 5.26 Å². The third kappa shape index (κ3) is 2.86. The first kappa shape index (κ1) is 15.3. The van der Waals surface area contributed by atoms with E-state index in [1.165, 1.54) is 12.3 Å². The zero-order valence-corrected chi connectivity index (χ0v) is 13.0. The van der Waals surface area contributed by atoms with Crippen LogP contribution in [0.15, 0.2) is 41.3 Å². The molecule has 1 aliphatic rings. The van der Waals surface area contributed by atoms with Crippen LogP contribution in [0.25, 0.3) is 0 Å². The van der Waals surface area contributed by atoms with Crippen LogP contribution in [0.5, 0.6) is 5.75 Å². The lowest BCUT2D eigenvalue weighted by Gasteiger charge is -2.41. The second-order valence-corrected chi connectivity index (χ2v) is 6.56. The van der Waals surface area contributed by atoms with E-state index in [9.17, 15) is 9.90 Å². The third-order valence-electron chi connectivity index (χ3n) is 4.32. The van der Waals surface area contributed by atoms with Crippen LogP contribution in [-0.2, 0) is 6.42 Å². The number of nitrogens with zero attached hydrogens (tertiary/aromatic N) is 1. The number of aromatic amines is 1. The minimum absolute atomic E-state index is 0.266. The summed E-state index contributed by atoms with van der Waals surface area (Å²) < 4.78 is 5.93. The molecule has 0 saturated carbocycles. The number of pyridine rings is 1. The first-order valence-corrected chi connectivity index (χ1v) is 7.47. The van der Waals surface area contributed by atoms with Crippen molar-refractivity contribution in [2.24, 2.45) is 5.41 Å². The molecule has 2 unspecified atom stereocenters. The van der Waals surface area contributed by atoms with Gasteiger partial charge in [-0.25, -0.2) is 0 Å². The molecule has 0 fully saturated rings. The highest BCUT2D eigenvalue weighted by Crippen LogP contribution is 2.43. The van der Waals surface area contributed by atoms with E-state index in [-0.39, 0.29) is 11.0 Å². The first-order valence-electron chi connectivity index (χ1n) is 7.47. The highest BCUT2D eigenvalue weighted by Gasteiger charge is 2.42. The van der Waals surface area contributed by atoms with Gasteiger partial charge in [0.25, 0.3) is 5.56 Å². The average Bonchev–Trinajstić information content (AvgIpc) is 2.51. The van der Waals surface area contributed by atoms with E-state index in [1.807, 2.05) is 19.9 Å². The van der Waals surface area contributed by atoms with Gasteiger partial charge in [-0.05, 0) is 41.2 Å². The SMILES string of the molecule is CC1(C)Cc2ccc(C#N)cc2C(Oc2cc[nH]c(=O)c2)C1O. The Labute approximate surface area is 134 Å². The standard InChI is InChI=1S/C18H18N2O3/c1-18(2)9-12-4-3-11(10-19)7-14(12)16(17(18)22)23-13-5-6-20-15(21)8-13/h3-8,16-17,22H,9H2,1-2H3,(H,20,21). The fourth-order valence-corrected chi connectivity index (χ4v) is 3.04. The molecular weight excluding hydrogens is 292 g/mol. The molecule has 0 aliphatic heterocycles. The Kier molecular flexibility index (Phi) is 3.70. The van der Waals surface area contributed by atoms with Crippen LogP contribution < -0.4 is 10.3 Å². The van der Waals surface area contributed by atoms with Crippen molar-refractivity contribution in [3.05, 3.63) is 63.6 Å². The Hall–Kier alpha value is -2.58. The van der Waals surface area contributed by atoms with Crippen LogP contribution in [0.3, 0.4) is 0 Å². The van der Waals surface area contributed by atoms with E-state index in [2.05, 4.69) is 11.1 Å². The van der Waals surface area contributed by atoms with E-state index in [0.29, 0.717) is 17.7 Å². The number of nitriles is 1. The van der Waals surface area contributed by atoms with Gasteiger partial charge in [-0.3, -0.25) is 4.79 Å². The predicted octanol–water partition coefficient (Wildman–Crippen LogP) is 2.31. The molecule has 2 aromatic rings. The van der Waals surface area contributed by atoms with Crippen molar-refractivity contribution in [1.29, 1.82) is 5.26 Å². The topological polar surface area (TPSA) is 86.1 Å². The summed E-state index contributed by atoms with van der Waals surface area (Å²) in [6.07, 6.45) is 0.835. The summed E-state index contributed by atoms with van der Waals surface area (Å²) in [4.78, 5) is 14.0. The molecule has 118 valence electrons. The second kappa shape index (κ2) is 5.56. The Bertz CT molecular complexity index is 833. The lowest BCUT2D eigenvalue weighted by atomic mass is 9.70. The molecule has 0 amide bonds. The number of aliphatic hydroxyl groups excluding tert-OH is 1. The van der Waals surface area contributed by atoms with Crippen LogP contribution in [0.2, 0.25) is 0 Å². The molecular formula is C18H18N2O3. The van der Waals surface area contributed by atoms with Crippen molar-refractivity contribution in [2.75, 3.05) is 0 Å².